The number of ether oxygens (including phenoxy) is 1. The molecule has 1 aliphatic carbocycles. The third-order valence-corrected chi connectivity index (χ3v) is 4.17. The molecule has 3 nitrogen and oxygen atoms in total. The molecule has 2 aliphatic rings. The first-order chi connectivity index (χ1) is 7.23. The summed E-state index contributed by atoms with van der Waals surface area (Å²) in [6.45, 7) is 8.24. The standard InChI is InChI=1S/C12H24N2O/c1-3-12(9-13,11-4-5-11)14-6-7-15-10(2)8-14/h10-11H,3-9,13H2,1-2H3. The van der Waals surface area contributed by atoms with Crippen LogP contribution in [0.15, 0.2) is 0 Å². The molecular formula is C12H24N2O. The molecule has 1 saturated carbocycles. The summed E-state index contributed by atoms with van der Waals surface area (Å²) in [5, 5.41) is 0. The number of nitrogens with zero attached hydrogens (tertiary/aromatic N) is 1. The Kier molecular flexibility index (Phi) is 3.33. The molecule has 0 bridgehead atoms. The van der Waals surface area contributed by atoms with Gasteiger partial charge >= 0.3 is 0 Å². The van der Waals surface area contributed by atoms with E-state index in [0.29, 0.717) is 6.10 Å². The van der Waals surface area contributed by atoms with Gasteiger partial charge in [0.05, 0.1) is 12.7 Å². The van der Waals surface area contributed by atoms with E-state index in [9.17, 15) is 0 Å². The minimum absolute atomic E-state index is 0.276. The lowest BCUT2D eigenvalue weighted by molar-refractivity contribution is -0.0683. The van der Waals surface area contributed by atoms with Crippen molar-refractivity contribution in [1.29, 1.82) is 0 Å². The van der Waals surface area contributed by atoms with Crippen molar-refractivity contribution >= 4 is 0 Å². The number of hydrogen-bond donors (Lipinski definition) is 1. The van der Waals surface area contributed by atoms with Gasteiger partial charge in [-0.25, -0.2) is 0 Å². The molecule has 2 N–H and O–H groups in total. The van der Waals surface area contributed by atoms with Crippen LogP contribution in [0.4, 0.5) is 0 Å². The highest BCUT2D eigenvalue weighted by Crippen LogP contribution is 2.45. The summed E-state index contributed by atoms with van der Waals surface area (Å²) in [6, 6.07) is 0. The smallest absolute Gasteiger partial charge is 0.0674 e. The zero-order valence-corrected chi connectivity index (χ0v) is 10.0. The zero-order chi connectivity index (χ0) is 10.9. The van der Waals surface area contributed by atoms with Crippen molar-refractivity contribution in [1.82, 2.24) is 4.90 Å². The van der Waals surface area contributed by atoms with E-state index >= 15 is 0 Å². The normalized spacial score (nSPS) is 32.6. The van der Waals surface area contributed by atoms with Crippen molar-refractivity contribution in [2.45, 2.75) is 44.8 Å². The van der Waals surface area contributed by atoms with Crippen LogP contribution in [-0.4, -0.2) is 42.8 Å². The summed E-state index contributed by atoms with van der Waals surface area (Å²) >= 11 is 0. The van der Waals surface area contributed by atoms with E-state index in [1.165, 1.54) is 19.3 Å². The van der Waals surface area contributed by atoms with Crippen molar-refractivity contribution in [3.05, 3.63) is 0 Å². The molecule has 2 atom stereocenters. The summed E-state index contributed by atoms with van der Waals surface area (Å²) in [4.78, 5) is 2.60. The summed E-state index contributed by atoms with van der Waals surface area (Å²) < 4.78 is 5.61. The largest absolute Gasteiger partial charge is 0.376 e. The van der Waals surface area contributed by atoms with E-state index in [-0.39, 0.29) is 5.54 Å². The van der Waals surface area contributed by atoms with Gasteiger partial charge in [0.1, 0.15) is 0 Å². The average Bonchev–Trinajstić information content (AvgIpc) is 3.05. The Balaban J connectivity index is 2.08. The van der Waals surface area contributed by atoms with Crippen LogP contribution in [0.1, 0.15) is 33.1 Å². The highest BCUT2D eigenvalue weighted by Gasteiger charge is 2.47. The summed E-state index contributed by atoms with van der Waals surface area (Å²) in [7, 11) is 0. The highest BCUT2D eigenvalue weighted by molar-refractivity contribution is 5.03. The molecule has 2 fully saturated rings. The summed E-state index contributed by atoms with van der Waals surface area (Å²) in [6.07, 6.45) is 4.30. The highest BCUT2D eigenvalue weighted by atomic mass is 16.5. The second-order valence-corrected chi connectivity index (χ2v) is 5.06. The lowest BCUT2D eigenvalue weighted by Crippen LogP contribution is -2.60. The molecule has 15 heavy (non-hydrogen) atoms. The number of rotatable bonds is 4. The van der Waals surface area contributed by atoms with Gasteiger partial charge in [-0.05, 0) is 32.1 Å². The first-order valence-electron chi connectivity index (χ1n) is 6.29. The van der Waals surface area contributed by atoms with Crippen LogP contribution in [0.5, 0.6) is 0 Å². The Morgan fingerprint density at radius 1 is 1.47 bits per heavy atom. The van der Waals surface area contributed by atoms with E-state index in [2.05, 4.69) is 18.7 Å². The van der Waals surface area contributed by atoms with Crippen molar-refractivity contribution < 1.29 is 4.74 Å². The number of hydrogen-bond acceptors (Lipinski definition) is 3. The van der Waals surface area contributed by atoms with Crippen LogP contribution in [0.2, 0.25) is 0 Å². The van der Waals surface area contributed by atoms with Gasteiger partial charge in [-0.3, -0.25) is 4.90 Å². The van der Waals surface area contributed by atoms with E-state index in [1.807, 2.05) is 0 Å². The Bertz CT molecular complexity index is 212. The minimum atomic E-state index is 0.276. The maximum absolute atomic E-state index is 6.05. The molecule has 3 heteroatoms. The van der Waals surface area contributed by atoms with Crippen LogP contribution in [-0.2, 0) is 4.74 Å². The molecule has 0 spiro atoms. The molecule has 0 radical (unpaired) electrons. The van der Waals surface area contributed by atoms with Crippen LogP contribution in [0.25, 0.3) is 0 Å². The number of nitrogens with two attached hydrogens (primary N) is 1. The molecule has 88 valence electrons. The van der Waals surface area contributed by atoms with Gasteiger partial charge in [-0.2, -0.15) is 0 Å². The summed E-state index contributed by atoms with van der Waals surface area (Å²) in [5.74, 6) is 0.845. The van der Waals surface area contributed by atoms with Gasteiger partial charge in [-0.15, -0.1) is 0 Å². The predicted molar refractivity (Wildman–Crippen MR) is 61.8 cm³/mol. The first-order valence-corrected chi connectivity index (χ1v) is 6.29. The van der Waals surface area contributed by atoms with Crippen molar-refractivity contribution in [2.75, 3.05) is 26.2 Å². The van der Waals surface area contributed by atoms with Crippen LogP contribution < -0.4 is 5.73 Å². The summed E-state index contributed by atoms with van der Waals surface area (Å²) in [5.41, 5.74) is 6.33. The van der Waals surface area contributed by atoms with Gasteiger partial charge in [0.2, 0.25) is 0 Å². The van der Waals surface area contributed by atoms with Crippen molar-refractivity contribution in [3.63, 3.8) is 0 Å². The minimum Gasteiger partial charge on any atom is -0.376 e. The van der Waals surface area contributed by atoms with Gasteiger partial charge in [0.15, 0.2) is 0 Å². The van der Waals surface area contributed by atoms with Crippen molar-refractivity contribution in [2.24, 2.45) is 11.7 Å². The topological polar surface area (TPSA) is 38.5 Å². The SMILES string of the molecule is CCC(CN)(C1CC1)N1CCOC(C)C1. The molecule has 2 unspecified atom stereocenters. The Labute approximate surface area is 93.0 Å². The van der Waals surface area contributed by atoms with E-state index in [4.69, 9.17) is 10.5 Å². The van der Waals surface area contributed by atoms with Crippen LogP contribution >= 0.6 is 0 Å². The van der Waals surface area contributed by atoms with Gasteiger partial charge in [0, 0.05) is 25.2 Å². The maximum Gasteiger partial charge on any atom is 0.0674 e. The third-order valence-electron chi connectivity index (χ3n) is 4.17. The maximum atomic E-state index is 6.05. The monoisotopic (exact) mass is 212 g/mol. The third kappa shape index (κ3) is 2.05. The predicted octanol–water partition coefficient (Wildman–Crippen LogP) is 1.22. The zero-order valence-electron chi connectivity index (χ0n) is 10.0. The Hall–Kier alpha value is -0.120. The van der Waals surface area contributed by atoms with E-state index in [1.54, 1.807) is 0 Å². The Morgan fingerprint density at radius 2 is 2.20 bits per heavy atom. The molecule has 0 amide bonds. The first kappa shape index (κ1) is 11.4. The van der Waals surface area contributed by atoms with Gasteiger partial charge in [0.25, 0.3) is 0 Å². The molecule has 0 aromatic heterocycles. The Morgan fingerprint density at radius 3 is 2.67 bits per heavy atom. The van der Waals surface area contributed by atoms with E-state index < -0.39 is 0 Å². The fourth-order valence-electron chi connectivity index (χ4n) is 3.05. The molecule has 0 aromatic carbocycles. The van der Waals surface area contributed by atoms with Gasteiger partial charge in [-0.1, -0.05) is 6.92 Å². The van der Waals surface area contributed by atoms with Crippen molar-refractivity contribution in [3.8, 4) is 0 Å². The molecular weight excluding hydrogens is 188 g/mol. The quantitative estimate of drug-likeness (QED) is 0.761. The molecule has 1 heterocycles. The fourth-order valence-corrected chi connectivity index (χ4v) is 3.05. The number of morpholine rings is 1. The second-order valence-electron chi connectivity index (χ2n) is 5.06. The lowest BCUT2D eigenvalue weighted by atomic mass is 9.87. The van der Waals surface area contributed by atoms with Gasteiger partial charge < -0.3 is 10.5 Å². The molecule has 0 aromatic rings. The average molecular weight is 212 g/mol. The van der Waals surface area contributed by atoms with Crippen LogP contribution in [0.3, 0.4) is 0 Å². The fraction of sp³-hybridized carbons (Fsp3) is 1.00. The van der Waals surface area contributed by atoms with E-state index in [0.717, 1.165) is 32.2 Å². The lowest BCUT2D eigenvalue weighted by Gasteiger charge is -2.46. The van der Waals surface area contributed by atoms with Crippen LogP contribution in [0, 0.1) is 5.92 Å². The molecule has 1 aliphatic heterocycles. The molecule has 2 rings (SSSR count). The second kappa shape index (κ2) is 4.40. The molecule has 1 saturated heterocycles.